The van der Waals surface area contributed by atoms with Crippen molar-refractivity contribution < 1.29 is 4.79 Å². The summed E-state index contributed by atoms with van der Waals surface area (Å²) in [6.07, 6.45) is 6.59. The lowest BCUT2D eigenvalue weighted by atomic mass is 9.94. The number of halogens is 1. The topological polar surface area (TPSA) is 29.1 Å². The van der Waals surface area contributed by atoms with Crippen LogP contribution in [0.2, 0.25) is 0 Å². The van der Waals surface area contributed by atoms with E-state index in [0.29, 0.717) is 0 Å². The molecule has 2 nitrogen and oxygen atoms in total. The van der Waals surface area contributed by atoms with Crippen LogP contribution in [0.15, 0.2) is 0 Å². The van der Waals surface area contributed by atoms with E-state index in [4.69, 9.17) is 0 Å². The molecule has 3 heteroatoms. The van der Waals surface area contributed by atoms with Gasteiger partial charge in [0.25, 0.3) is 0 Å². The average molecular weight is 276 g/mol. The highest BCUT2D eigenvalue weighted by Gasteiger charge is 2.31. The van der Waals surface area contributed by atoms with Gasteiger partial charge >= 0.3 is 0 Å². The molecule has 1 fully saturated rings. The number of carbonyl (C=O) groups is 1. The lowest BCUT2D eigenvalue weighted by molar-refractivity contribution is -0.126. The maximum atomic E-state index is 12.0. The summed E-state index contributed by atoms with van der Waals surface area (Å²) in [6.45, 7) is 4.28. The van der Waals surface area contributed by atoms with Crippen LogP contribution in [0.1, 0.15) is 52.4 Å². The first kappa shape index (κ1) is 13.0. The number of amides is 1. The zero-order valence-electron chi connectivity index (χ0n) is 9.81. The molecule has 1 rings (SSSR count). The molecule has 88 valence electrons. The maximum Gasteiger partial charge on any atom is 0.223 e. The number of alkyl halides is 1. The molecule has 0 spiro atoms. The summed E-state index contributed by atoms with van der Waals surface area (Å²) >= 11 is 3.52. The number of nitrogens with one attached hydrogen (secondary N) is 1. The van der Waals surface area contributed by atoms with E-state index < -0.39 is 0 Å². The first-order valence-corrected chi connectivity index (χ1v) is 7.17. The summed E-state index contributed by atoms with van der Waals surface area (Å²) < 4.78 is 0. The molecule has 0 heterocycles. The Kier molecular flexibility index (Phi) is 5.10. The number of rotatable bonds is 5. The fourth-order valence-electron chi connectivity index (χ4n) is 2.20. The molecular formula is C12H22BrNO. The van der Waals surface area contributed by atoms with Gasteiger partial charge in [0.15, 0.2) is 0 Å². The predicted molar refractivity (Wildman–Crippen MR) is 67.2 cm³/mol. The third-order valence-corrected chi connectivity index (χ3v) is 4.80. The average Bonchev–Trinajstić information content (AvgIpc) is 2.79. The van der Waals surface area contributed by atoms with Crippen molar-refractivity contribution in [1.82, 2.24) is 5.32 Å². The van der Waals surface area contributed by atoms with E-state index in [1.165, 1.54) is 12.8 Å². The Morgan fingerprint density at radius 3 is 2.27 bits per heavy atom. The molecule has 0 radical (unpaired) electrons. The first-order valence-electron chi connectivity index (χ1n) is 6.05. The molecule has 15 heavy (non-hydrogen) atoms. The third kappa shape index (κ3) is 3.20. The normalized spacial score (nSPS) is 18.1. The Morgan fingerprint density at radius 2 is 1.87 bits per heavy atom. The fraction of sp³-hybridized carbons (Fsp3) is 0.917. The minimum absolute atomic E-state index is 0.0281. The summed E-state index contributed by atoms with van der Waals surface area (Å²) in [7, 11) is 0. The van der Waals surface area contributed by atoms with Crippen LogP contribution in [-0.4, -0.2) is 16.8 Å². The summed E-state index contributed by atoms with van der Waals surface area (Å²) in [5.41, 5.74) is -0.0281. The van der Waals surface area contributed by atoms with Gasteiger partial charge in [0, 0.05) is 16.8 Å². The first-order chi connectivity index (χ1) is 7.17. The number of carbonyl (C=O) groups excluding carboxylic acids is 1. The highest BCUT2D eigenvalue weighted by atomic mass is 79.9. The number of hydrogen-bond acceptors (Lipinski definition) is 1. The summed E-state index contributed by atoms with van der Waals surface area (Å²) in [6, 6.07) is 0. The molecule has 1 aliphatic rings. The van der Waals surface area contributed by atoms with Crippen LogP contribution < -0.4 is 5.32 Å². The van der Waals surface area contributed by atoms with E-state index in [-0.39, 0.29) is 17.4 Å². The minimum atomic E-state index is -0.0281. The van der Waals surface area contributed by atoms with E-state index in [1.54, 1.807) is 0 Å². The van der Waals surface area contributed by atoms with E-state index in [9.17, 15) is 4.79 Å². The second-order valence-electron chi connectivity index (χ2n) is 4.59. The van der Waals surface area contributed by atoms with Crippen molar-refractivity contribution in [3.05, 3.63) is 0 Å². The lowest BCUT2D eigenvalue weighted by Gasteiger charge is -2.32. The van der Waals surface area contributed by atoms with Crippen LogP contribution in [0.5, 0.6) is 0 Å². The molecule has 1 aliphatic carbocycles. The molecule has 0 saturated heterocycles. The second kappa shape index (κ2) is 5.88. The van der Waals surface area contributed by atoms with Crippen LogP contribution in [0, 0.1) is 5.92 Å². The molecule has 0 bridgehead atoms. The Balaban J connectivity index is 2.53. The molecule has 0 aliphatic heterocycles. The molecule has 1 amide bonds. The van der Waals surface area contributed by atoms with E-state index in [0.717, 1.165) is 31.0 Å². The van der Waals surface area contributed by atoms with Crippen molar-refractivity contribution in [2.75, 3.05) is 5.33 Å². The van der Waals surface area contributed by atoms with Gasteiger partial charge in [-0.1, -0.05) is 42.6 Å². The summed E-state index contributed by atoms with van der Waals surface area (Å²) in [4.78, 5) is 12.0. The van der Waals surface area contributed by atoms with Gasteiger partial charge in [-0.25, -0.2) is 0 Å². The molecular weight excluding hydrogens is 254 g/mol. The van der Waals surface area contributed by atoms with E-state index in [2.05, 4.69) is 35.1 Å². The molecule has 0 aromatic carbocycles. The largest absolute Gasteiger partial charge is 0.350 e. The van der Waals surface area contributed by atoms with Gasteiger partial charge in [-0.2, -0.15) is 0 Å². The zero-order chi connectivity index (χ0) is 11.3. The Bertz CT molecular complexity index is 199. The van der Waals surface area contributed by atoms with Crippen LogP contribution in [0.3, 0.4) is 0 Å². The summed E-state index contributed by atoms with van der Waals surface area (Å²) in [5.74, 6) is 0.553. The van der Waals surface area contributed by atoms with Crippen molar-refractivity contribution in [1.29, 1.82) is 0 Å². The maximum absolute atomic E-state index is 12.0. The van der Waals surface area contributed by atoms with Gasteiger partial charge in [-0.15, -0.1) is 0 Å². The van der Waals surface area contributed by atoms with Gasteiger partial charge < -0.3 is 5.32 Å². The molecule has 1 saturated carbocycles. The smallest absolute Gasteiger partial charge is 0.223 e. The van der Waals surface area contributed by atoms with Gasteiger partial charge in [-0.05, 0) is 25.7 Å². The number of hydrogen-bond donors (Lipinski definition) is 1. The zero-order valence-corrected chi connectivity index (χ0v) is 11.4. The SMILES string of the molecule is CCC(CC)(CBr)NC(=O)C1CCCC1. The Hall–Kier alpha value is -0.0500. The van der Waals surface area contributed by atoms with Crippen molar-refractivity contribution in [2.45, 2.75) is 57.9 Å². The molecule has 0 aromatic heterocycles. The van der Waals surface area contributed by atoms with E-state index in [1.807, 2.05) is 0 Å². The van der Waals surface area contributed by atoms with Crippen LogP contribution in [-0.2, 0) is 4.79 Å². The monoisotopic (exact) mass is 275 g/mol. The molecule has 1 N–H and O–H groups in total. The quantitative estimate of drug-likeness (QED) is 0.767. The fourth-order valence-corrected chi connectivity index (χ4v) is 3.13. The van der Waals surface area contributed by atoms with Crippen LogP contribution >= 0.6 is 15.9 Å². The van der Waals surface area contributed by atoms with Gasteiger partial charge in [0.2, 0.25) is 5.91 Å². The van der Waals surface area contributed by atoms with Crippen molar-refractivity contribution in [2.24, 2.45) is 5.92 Å². The molecule has 0 aromatic rings. The highest BCUT2D eigenvalue weighted by Crippen LogP contribution is 2.26. The van der Waals surface area contributed by atoms with Crippen LogP contribution in [0.25, 0.3) is 0 Å². The van der Waals surface area contributed by atoms with Gasteiger partial charge in [0.05, 0.1) is 0 Å². The van der Waals surface area contributed by atoms with Crippen molar-refractivity contribution in [3.63, 3.8) is 0 Å². The van der Waals surface area contributed by atoms with Crippen LogP contribution in [0.4, 0.5) is 0 Å². The van der Waals surface area contributed by atoms with Crippen molar-refractivity contribution in [3.8, 4) is 0 Å². The van der Waals surface area contributed by atoms with E-state index >= 15 is 0 Å². The van der Waals surface area contributed by atoms with Gasteiger partial charge in [0.1, 0.15) is 0 Å². The second-order valence-corrected chi connectivity index (χ2v) is 5.15. The molecule has 0 unspecified atom stereocenters. The standard InChI is InChI=1S/C12H22BrNO/c1-3-12(4-2,9-13)14-11(15)10-7-5-6-8-10/h10H,3-9H2,1-2H3,(H,14,15). The molecule has 0 atom stereocenters. The third-order valence-electron chi connectivity index (χ3n) is 3.72. The Morgan fingerprint density at radius 1 is 1.33 bits per heavy atom. The summed E-state index contributed by atoms with van der Waals surface area (Å²) in [5, 5.41) is 4.09. The Labute approximate surface area is 101 Å². The van der Waals surface area contributed by atoms with Gasteiger partial charge in [-0.3, -0.25) is 4.79 Å². The van der Waals surface area contributed by atoms with Crippen molar-refractivity contribution >= 4 is 21.8 Å². The predicted octanol–water partition coefficient (Wildman–Crippen LogP) is 3.25. The minimum Gasteiger partial charge on any atom is -0.350 e. The highest BCUT2D eigenvalue weighted by molar-refractivity contribution is 9.09. The lowest BCUT2D eigenvalue weighted by Crippen LogP contribution is -2.50.